The summed E-state index contributed by atoms with van der Waals surface area (Å²) in [5.74, 6) is 0. The predicted molar refractivity (Wildman–Crippen MR) is 89.5 cm³/mol. The third-order valence-electron chi connectivity index (χ3n) is 4.89. The summed E-state index contributed by atoms with van der Waals surface area (Å²) in [6.07, 6.45) is 5.52. The molecule has 0 spiro atoms. The van der Waals surface area contributed by atoms with Crippen LogP contribution >= 0.6 is 0 Å². The summed E-state index contributed by atoms with van der Waals surface area (Å²) in [5.41, 5.74) is 2.75. The van der Waals surface area contributed by atoms with E-state index >= 15 is 0 Å². The molecule has 3 rings (SSSR count). The zero-order valence-corrected chi connectivity index (χ0v) is 13.5. The summed E-state index contributed by atoms with van der Waals surface area (Å²) in [6.45, 7) is 6.94. The lowest BCUT2D eigenvalue weighted by atomic mass is 10.1. The van der Waals surface area contributed by atoms with Gasteiger partial charge in [-0.2, -0.15) is 0 Å². The van der Waals surface area contributed by atoms with Crippen LogP contribution in [-0.4, -0.2) is 53.9 Å². The van der Waals surface area contributed by atoms with Gasteiger partial charge in [0.2, 0.25) is 0 Å². The number of benzene rings is 1. The van der Waals surface area contributed by atoms with Gasteiger partial charge in [0, 0.05) is 32.8 Å². The summed E-state index contributed by atoms with van der Waals surface area (Å²) >= 11 is 0. The maximum atomic E-state index is 8.77. The molecule has 0 aliphatic carbocycles. The molecule has 0 amide bonds. The number of rotatable bonds is 7. The van der Waals surface area contributed by atoms with Crippen LogP contribution in [0, 0.1) is 0 Å². The van der Waals surface area contributed by atoms with Crippen molar-refractivity contribution in [1.82, 2.24) is 15.1 Å². The highest BCUT2D eigenvalue weighted by atomic mass is 16.3. The molecular formula is C18H29N3O. The highest BCUT2D eigenvalue weighted by Crippen LogP contribution is 2.26. The molecule has 1 atom stereocenters. The van der Waals surface area contributed by atoms with E-state index in [2.05, 4.69) is 39.4 Å². The van der Waals surface area contributed by atoms with E-state index in [1.54, 1.807) is 0 Å². The molecule has 0 bridgehead atoms. The first-order valence-corrected chi connectivity index (χ1v) is 8.74. The fourth-order valence-electron chi connectivity index (χ4n) is 3.73. The molecule has 2 heterocycles. The number of hydrogen-bond acceptors (Lipinski definition) is 4. The van der Waals surface area contributed by atoms with Crippen LogP contribution in [-0.2, 0) is 13.1 Å². The Morgan fingerprint density at radius 1 is 1.05 bits per heavy atom. The van der Waals surface area contributed by atoms with Gasteiger partial charge in [-0.15, -0.1) is 0 Å². The first-order valence-electron chi connectivity index (χ1n) is 8.74. The Hall–Kier alpha value is -0.940. The van der Waals surface area contributed by atoms with Crippen molar-refractivity contribution in [2.75, 3.05) is 32.8 Å². The molecule has 4 nitrogen and oxygen atoms in total. The second-order valence-corrected chi connectivity index (χ2v) is 6.55. The van der Waals surface area contributed by atoms with Crippen LogP contribution in [0.4, 0.5) is 0 Å². The Balaban J connectivity index is 1.50. The van der Waals surface area contributed by atoms with Gasteiger partial charge < -0.3 is 10.4 Å². The lowest BCUT2D eigenvalue weighted by Crippen LogP contribution is -2.49. The van der Waals surface area contributed by atoms with Crippen molar-refractivity contribution in [3.05, 3.63) is 35.4 Å². The molecule has 2 aliphatic heterocycles. The predicted octanol–water partition coefficient (Wildman–Crippen LogP) is 1.79. The average molecular weight is 303 g/mol. The minimum absolute atomic E-state index is 0.264. The Kier molecular flexibility index (Phi) is 5.84. The topological polar surface area (TPSA) is 38.7 Å². The quantitative estimate of drug-likeness (QED) is 0.753. The normalized spacial score (nSPS) is 22.9. The lowest BCUT2D eigenvalue weighted by Gasteiger charge is -2.40. The van der Waals surface area contributed by atoms with Gasteiger partial charge in [-0.25, -0.2) is 0 Å². The van der Waals surface area contributed by atoms with Crippen molar-refractivity contribution in [2.24, 2.45) is 0 Å². The summed E-state index contributed by atoms with van der Waals surface area (Å²) < 4.78 is 0. The maximum Gasteiger partial charge on any atom is 0.0625 e. The Bertz CT molecular complexity index is 448. The first kappa shape index (κ1) is 15.9. The SMILES string of the molecule is OCCCNCc1ccc(CN2CCCN3CCCC32)cc1. The van der Waals surface area contributed by atoms with Crippen molar-refractivity contribution in [1.29, 1.82) is 0 Å². The van der Waals surface area contributed by atoms with Crippen molar-refractivity contribution >= 4 is 0 Å². The highest BCUT2D eigenvalue weighted by molar-refractivity contribution is 5.22. The van der Waals surface area contributed by atoms with Gasteiger partial charge >= 0.3 is 0 Å². The molecule has 2 fully saturated rings. The zero-order valence-electron chi connectivity index (χ0n) is 13.5. The second-order valence-electron chi connectivity index (χ2n) is 6.55. The fourth-order valence-corrected chi connectivity index (χ4v) is 3.73. The van der Waals surface area contributed by atoms with Crippen LogP contribution < -0.4 is 5.32 Å². The van der Waals surface area contributed by atoms with Gasteiger partial charge in [-0.1, -0.05) is 24.3 Å². The van der Waals surface area contributed by atoms with E-state index in [-0.39, 0.29) is 6.61 Å². The minimum atomic E-state index is 0.264. The molecule has 2 saturated heterocycles. The summed E-state index contributed by atoms with van der Waals surface area (Å²) in [5, 5.41) is 12.1. The van der Waals surface area contributed by atoms with E-state index < -0.39 is 0 Å². The van der Waals surface area contributed by atoms with Crippen LogP contribution in [0.1, 0.15) is 36.8 Å². The Morgan fingerprint density at radius 3 is 2.64 bits per heavy atom. The number of nitrogens with one attached hydrogen (secondary N) is 1. The van der Waals surface area contributed by atoms with Crippen LogP contribution in [0.5, 0.6) is 0 Å². The molecule has 0 radical (unpaired) electrons. The first-order chi connectivity index (χ1) is 10.9. The van der Waals surface area contributed by atoms with Gasteiger partial charge in [0.1, 0.15) is 0 Å². The fraction of sp³-hybridized carbons (Fsp3) is 0.667. The summed E-state index contributed by atoms with van der Waals surface area (Å²) in [6, 6.07) is 9.02. The van der Waals surface area contributed by atoms with E-state index in [9.17, 15) is 0 Å². The molecule has 4 heteroatoms. The number of aliphatic hydroxyl groups is 1. The molecular weight excluding hydrogens is 274 g/mol. The van der Waals surface area contributed by atoms with E-state index in [0.29, 0.717) is 6.17 Å². The third-order valence-corrected chi connectivity index (χ3v) is 4.89. The van der Waals surface area contributed by atoms with Crippen molar-refractivity contribution in [2.45, 2.75) is 44.9 Å². The standard InChI is InChI=1S/C18H29N3O/c22-13-2-9-19-14-16-5-7-17(8-6-16)15-21-12-3-11-20-10-1-4-18(20)21/h5-8,18-19,22H,1-4,9-15H2. The molecule has 0 saturated carbocycles. The molecule has 0 aromatic heterocycles. The van der Waals surface area contributed by atoms with Crippen molar-refractivity contribution < 1.29 is 5.11 Å². The molecule has 2 aliphatic rings. The second kappa shape index (κ2) is 8.06. The van der Waals surface area contributed by atoms with Gasteiger partial charge in [0.15, 0.2) is 0 Å². The van der Waals surface area contributed by atoms with Crippen LogP contribution in [0.2, 0.25) is 0 Å². The van der Waals surface area contributed by atoms with Crippen LogP contribution in [0.3, 0.4) is 0 Å². The maximum absolute atomic E-state index is 8.77. The van der Waals surface area contributed by atoms with E-state index in [4.69, 9.17) is 5.11 Å². The van der Waals surface area contributed by atoms with Gasteiger partial charge in [0.25, 0.3) is 0 Å². The molecule has 22 heavy (non-hydrogen) atoms. The van der Waals surface area contributed by atoms with Crippen LogP contribution in [0.15, 0.2) is 24.3 Å². The Labute approximate surface area is 134 Å². The van der Waals surface area contributed by atoms with Gasteiger partial charge in [-0.05, 0) is 49.9 Å². The monoisotopic (exact) mass is 303 g/mol. The molecule has 2 N–H and O–H groups in total. The van der Waals surface area contributed by atoms with Gasteiger partial charge in [0.05, 0.1) is 6.17 Å². The van der Waals surface area contributed by atoms with E-state index in [1.807, 2.05) is 0 Å². The molecule has 122 valence electrons. The third kappa shape index (κ3) is 4.07. The zero-order chi connectivity index (χ0) is 15.2. The number of nitrogens with zero attached hydrogens (tertiary/aromatic N) is 2. The number of hydrogen-bond donors (Lipinski definition) is 2. The smallest absolute Gasteiger partial charge is 0.0625 e. The highest BCUT2D eigenvalue weighted by Gasteiger charge is 2.32. The average Bonchev–Trinajstić information content (AvgIpc) is 3.03. The van der Waals surface area contributed by atoms with E-state index in [0.717, 1.165) is 26.1 Å². The number of fused-ring (bicyclic) bond motifs is 1. The molecule has 1 unspecified atom stereocenters. The minimum Gasteiger partial charge on any atom is -0.396 e. The molecule has 1 aromatic carbocycles. The van der Waals surface area contributed by atoms with Crippen molar-refractivity contribution in [3.63, 3.8) is 0 Å². The largest absolute Gasteiger partial charge is 0.396 e. The summed E-state index contributed by atoms with van der Waals surface area (Å²) in [7, 11) is 0. The molecule has 1 aromatic rings. The van der Waals surface area contributed by atoms with Crippen molar-refractivity contribution in [3.8, 4) is 0 Å². The lowest BCUT2D eigenvalue weighted by molar-refractivity contribution is 0.0287. The van der Waals surface area contributed by atoms with E-state index in [1.165, 1.54) is 50.0 Å². The van der Waals surface area contributed by atoms with Crippen LogP contribution in [0.25, 0.3) is 0 Å². The summed E-state index contributed by atoms with van der Waals surface area (Å²) in [4.78, 5) is 5.31. The Morgan fingerprint density at radius 2 is 1.82 bits per heavy atom. The van der Waals surface area contributed by atoms with Gasteiger partial charge in [-0.3, -0.25) is 9.80 Å². The number of aliphatic hydroxyl groups excluding tert-OH is 1.